The molecule has 0 radical (unpaired) electrons. The van der Waals surface area contributed by atoms with Crippen LogP contribution in [0.4, 0.5) is 0 Å². The number of hydrogen-bond donors (Lipinski definition) is 1. The first-order chi connectivity index (χ1) is 14.9. The van der Waals surface area contributed by atoms with Crippen molar-refractivity contribution in [2.45, 2.75) is 77.4 Å². The number of amides is 2. The normalized spacial score (nSPS) is 15.3. The molecule has 2 aromatic rings. The van der Waals surface area contributed by atoms with Crippen LogP contribution in [0.3, 0.4) is 0 Å². The first-order valence-electron chi connectivity index (χ1n) is 11.3. The van der Waals surface area contributed by atoms with Crippen LogP contribution in [-0.2, 0) is 22.6 Å². The summed E-state index contributed by atoms with van der Waals surface area (Å²) in [6.45, 7) is 4.24. The summed E-state index contributed by atoms with van der Waals surface area (Å²) in [5, 5.41) is 3.80. The molecule has 0 heterocycles. The lowest BCUT2D eigenvalue weighted by Crippen LogP contribution is -2.50. The number of carbonyl (C=O) groups excluding carboxylic acids is 2. The smallest absolute Gasteiger partial charge is 0.242 e. The highest BCUT2D eigenvalue weighted by Crippen LogP contribution is 2.19. The van der Waals surface area contributed by atoms with Crippen LogP contribution >= 0.6 is 11.6 Å². The van der Waals surface area contributed by atoms with Crippen molar-refractivity contribution in [1.29, 1.82) is 0 Å². The summed E-state index contributed by atoms with van der Waals surface area (Å²) in [6.07, 6.45) is 6.61. The molecule has 5 heteroatoms. The van der Waals surface area contributed by atoms with Gasteiger partial charge in [-0.3, -0.25) is 9.59 Å². The van der Waals surface area contributed by atoms with Crippen molar-refractivity contribution < 1.29 is 9.59 Å². The third kappa shape index (κ3) is 7.10. The molecule has 166 valence electrons. The van der Waals surface area contributed by atoms with Gasteiger partial charge in [0, 0.05) is 24.0 Å². The van der Waals surface area contributed by atoms with E-state index in [0.29, 0.717) is 24.4 Å². The maximum absolute atomic E-state index is 13.2. The number of rotatable bonds is 8. The van der Waals surface area contributed by atoms with Crippen LogP contribution in [0.2, 0.25) is 5.02 Å². The van der Waals surface area contributed by atoms with Gasteiger partial charge in [0.05, 0.1) is 0 Å². The van der Waals surface area contributed by atoms with E-state index in [4.69, 9.17) is 11.6 Å². The van der Waals surface area contributed by atoms with Crippen LogP contribution < -0.4 is 5.32 Å². The van der Waals surface area contributed by atoms with E-state index < -0.39 is 6.04 Å². The van der Waals surface area contributed by atoms with Crippen molar-refractivity contribution in [1.82, 2.24) is 10.2 Å². The zero-order valence-electron chi connectivity index (χ0n) is 18.6. The molecule has 1 fully saturated rings. The Bertz CT molecular complexity index is 875. The predicted octanol–water partition coefficient (Wildman–Crippen LogP) is 5.45. The Balaban J connectivity index is 1.70. The molecule has 0 bridgehead atoms. The van der Waals surface area contributed by atoms with Crippen molar-refractivity contribution in [3.8, 4) is 0 Å². The average molecular weight is 441 g/mol. The van der Waals surface area contributed by atoms with E-state index in [1.54, 1.807) is 4.90 Å². The van der Waals surface area contributed by atoms with Crippen LogP contribution in [0.1, 0.15) is 62.1 Å². The molecule has 1 aliphatic carbocycles. The molecule has 4 nitrogen and oxygen atoms in total. The van der Waals surface area contributed by atoms with Crippen LogP contribution in [0, 0.1) is 6.92 Å². The molecule has 0 spiro atoms. The molecule has 1 aliphatic rings. The van der Waals surface area contributed by atoms with Crippen molar-refractivity contribution in [3.05, 3.63) is 70.2 Å². The first kappa shape index (κ1) is 23.3. The van der Waals surface area contributed by atoms with Crippen molar-refractivity contribution >= 4 is 23.4 Å². The van der Waals surface area contributed by atoms with Crippen molar-refractivity contribution in [3.63, 3.8) is 0 Å². The molecule has 0 aliphatic heterocycles. The zero-order valence-corrected chi connectivity index (χ0v) is 19.3. The quantitative estimate of drug-likeness (QED) is 0.593. The summed E-state index contributed by atoms with van der Waals surface area (Å²) in [5.74, 6) is -0.0931. The molecule has 2 aromatic carbocycles. The number of benzene rings is 2. The van der Waals surface area contributed by atoms with E-state index in [2.05, 4.69) is 29.6 Å². The molecule has 2 amide bonds. The number of hydrogen-bond acceptors (Lipinski definition) is 2. The SMILES string of the molecule is Cc1ccc(CCC(=O)N(Cc2cccc(Cl)c2)[C@@H](C)C(=O)NC2CCCCC2)cc1. The Morgan fingerprint density at radius 3 is 2.45 bits per heavy atom. The Morgan fingerprint density at radius 2 is 1.77 bits per heavy atom. The summed E-state index contributed by atoms with van der Waals surface area (Å²) in [7, 11) is 0. The van der Waals surface area contributed by atoms with Gasteiger partial charge in [0.2, 0.25) is 11.8 Å². The third-order valence-corrected chi connectivity index (χ3v) is 6.34. The second-order valence-electron chi connectivity index (χ2n) is 8.66. The number of halogens is 1. The van der Waals surface area contributed by atoms with Gasteiger partial charge in [-0.15, -0.1) is 0 Å². The highest BCUT2D eigenvalue weighted by Gasteiger charge is 2.28. The van der Waals surface area contributed by atoms with Crippen LogP contribution in [-0.4, -0.2) is 28.8 Å². The molecule has 3 rings (SSSR count). The maximum atomic E-state index is 13.2. The highest BCUT2D eigenvalue weighted by atomic mass is 35.5. The second kappa shape index (κ2) is 11.3. The van der Waals surface area contributed by atoms with E-state index >= 15 is 0 Å². The van der Waals surface area contributed by atoms with Crippen LogP contribution in [0.15, 0.2) is 48.5 Å². The van der Waals surface area contributed by atoms with Crippen LogP contribution in [0.5, 0.6) is 0 Å². The third-order valence-electron chi connectivity index (χ3n) is 6.11. The van der Waals surface area contributed by atoms with Gasteiger partial charge in [-0.2, -0.15) is 0 Å². The fraction of sp³-hybridized carbons (Fsp3) is 0.462. The Labute approximate surface area is 191 Å². The molecule has 1 N–H and O–H groups in total. The Kier molecular flexibility index (Phi) is 8.53. The molecular formula is C26H33ClN2O2. The number of nitrogens with one attached hydrogen (secondary N) is 1. The van der Waals surface area contributed by atoms with E-state index in [0.717, 1.165) is 36.8 Å². The number of aryl methyl sites for hydroxylation is 2. The topological polar surface area (TPSA) is 49.4 Å². The minimum Gasteiger partial charge on any atom is -0.352 e. The van der Waals surface area contributed by atoms with Gasteiger partial charge >= 0.3 is 0 Å². The summed E-state index contributed by atoms with van der Waals surface area (Å²) in [6, 6.07) is 15.4. The minimum atomic E-state index is -0.536. The van der Waals surface area contributed by atoms with Gasteiger partial charge in [0.25, 0.3) is 0 Å². The van der Waals surface area contributed by atoms with E-state index in [-0.39, 0.29) is 17.9 Å². The van der Waals surface area contributed by atoms with Gasteiger partial charge in [-0.05, 0) is 56.4 Å². The molecular weight excluding hydrogens is 408 g/mol. The number of carbonyl (C=O) groups is 2. The van der Waals surface area contributed by atoms with Gasteiger partial charge < -0.3 is 10.2 Å². The number of nitrogens with zero attached hydrogens (tertiary/aromatic N) is 1. The Hall–Kier alpha value is -2.33. The zero-order chi connectivity index (χ0) is 22.2. The summed E-state index contributed by atoms with van der Waals surface area (Å²) < 4.78 is 0. The van der Waals surface area contributed by atoms with Crippen molar-refractivity contribution in [2.75, 3.05) is 0 Å². The van der Waals surface area contributed by atoms with E-state index in [1.807, 2.05) is 38.1 Å². The van der Waals surface area contributed by atoms with Crippen LogP contribution in [0.25, 0.3) is 0 Å². The monoisotopic (exact) mass is 440 g/mol. The predicted molar refractivity (Wildman–Crippen MR) is 126 cm³/mol. The maximum Gasteiger partial charge on any atom is 0.242 e. The van der Waals surface area contributed by atoms with Crippen molar-refractivity contribution in [2.24, 2.45) is 0 Å². The molecule has 0 aromatic heterocycles. The lowest BCUT2D eigenvalue weighted by atomic mass is 9.95. The highest BCUT2D eigenvalue weighted by molar-refractivity contribution is 6.30. The largest absolute Gasteiger partial charge is 0.352 e. The molecule has 1 atom stereocenters. The van der Waals surface area contributed by atoms with E-state index in [1.165, 1.54) is 12.0 Å². The summed E-state index contributed by atoms with van der Waals surface area (Å²) in [5.41, 5.74) is 3.25. The summed E-state index contributed by atoms with van der Waals surface area (Å²) >= 11 is 6.15. The van der Waals surface area contributed by atoms with Gasteiger partial charge in [0.1, 0.15) is 6.04 Å². The molecule has 0 saturated heterocycles. The minimum absolute atomic E-state index is 0.0214. The first-order valence-corrected chi connectivity index (χ1v) is 11.7. The molecule has 0 unspecified atom stereocenters. The molecule has 1 saturated carbocycles. The van der Waals surface area contributed by atoms with Gasteiger partial charge in [0.15, 0.2) is 0 Å². The fourth-order valence-electron chi connectivity index (χ4n) is 4.13. The lowest BCUT2D eigenvalue weighted by molar-refractivity contribution is -0.141. The lowest BCUT2D eigenvalue weighted by Gasteiger charge is -2.31. The molecule has 31 heavy (non-hydrogen) atoms. The second-order valence-corrected chi connectivity index (χ2v) is 9.09. The Morgan fingerprint density at radius 1 is 1.06 bits per heavy atom. The standard InChI is InChI=1S/C26H33ClN2O2/c1-19-11-13-21(14-12-19)15-16-25(30)29(18-22-7-6-8-23(27)17-22)20(2)26(31)28-24-9-4-3-5-10-24/h6-8,11-14,17,20,24H,3-5,9-10,15-16,18H2,1-2H3,(H,28,31)/t20-/m0/s1. The van der Waals surface area contributed by atoms with Gasteiger partial charge in [-0.25, -0.2) is 0 Å². The van der Waals surface area contributed by atoms with Gasteiger partial charge in [-0.1, -0.05) is 72.8 Å². The average Bonchev–Trinajstić information content (AvgIpc) is 2.77. The fourth-order valence-corrected chi connectivity index (χ4v) is 4.35. The summed E-state index contributed by atoms with van der Waals surface area (Å²) in [4.78, 5) is 27.9. The van der Waals surface area contributed by atoms with E-state index in [9.17, 15) is 9.59 Å².